The molecule has 0 radical (unpaired) electrons. The molecule has 70 valence electrons. The van der Waals surface area contributed by atoms with Crippen molar-refractivity contribution in [1.29, 1.82) is 0 Å². The summed E-state index contributed by atoms with van der Waals surface area (Å²) in [6.07, 6.45) is -0.293. The second-order valence-electron chi connectivity index (χ2n) is 2.55. The lowest BCUT2D eigenvalue weighted by atomic mass is 10.4. The molecule has 0 aromatic rings. The van der Waals surface area contributed by atoms with Crippen LogP contribution in [0.2, 0.25) is 0 Å². The van der Waals surface area contributed by atoms with E-state index in [1.54, 1.807) is 4.90 Å². The van der Waals surface area contributed by atoms with Gasteiger partial charge in [-0.1, -0.05) is 0 Å². The molecule has 1 aliphatic rings. The topological polar surface area (TPSA) is 50.8 Å². The first-order valence-corrected chi connectivity index (χ1v) is 3.96. The minimum absolute atomic E-state index is 0.0305. The highest BCUT2D eigenvalue weighted by Gasteiger charge is 2.16. The summed E-state index contributed by atoms with van der Waals surface area (Å²) in [5.41, 5.74) is 0. The molecule has 1 fully saturated rings. The second kappa shape index (κ2) is 4.95. The van der Waals surface area contributed by atoms with E-state index in [0.717, 1.165) is 13.1 Å². The van der Waals surface area contributed by atoms with Crippen molar-refractivity contribution in [3.8, 4) is 0 Å². The highest BCUT2D eigenvalue weighted by atomic mass is 16.7. The fraction of sp³-hybridized carbons (Fsp3) is 0.857. The van der Waals surface area contributed by atoms with Crippen molar-refractivity contribution >= 4 is 6.09 Å². The number of piperazine rings is 1. The van der Waals surface area contributed by atoms with Gasteiger partial charge in [-0.2, -0.15) is 0 Å². The van der Waals surface area contributed by atoms with Crippen molar-refractivity contribution in [1.82, 2.24) is 10.2 Å². The molecule has 0 aliphatic carbocycles. The maximum Gasteiger partial charge on any atom is 0.411 e. The van der Waals surface area contributed by atoms with Crippen LogP contribution in [0.5, 0.6) is 0 Å². The van der Waals surface area contributed by atoms with E-state index in [9.17, 15) is 4.79 Å². The average molecular weight is 174 g/mol. The zero-order chi connectivity index (χ0) is 8.81. The third-order valence-electron chi connectivity index (χ3n) is 1.68. The summed E-state index contributed by atoms with van der Waals surface area (Å²) in [6, 6.07) is 0. The van der Waals surface area contributed by atoms with Gasteiger partial charge in [-0.05, 0) is 0 Å². The standard InChI is InChI=1S/C7H14N2O3/c1-11-6-12-7(10)9-4-2-8-3-5-9/h8H,2-6H2,1H3. The van der Waals surface area contributed by atoms with Gasteiger partial charge in [0.05, 0.1) is 0 Å². The quantitative estimate of drug-likeness (QED) is 0.580. The van der Waals surface area contributed by atoms with Crippen LogP contribution < -0.4 is 5.32 Å². The Morgan fingerprint density at radius 3 is 2.75 bits per heavy atom. The van der Waals surface area contributed by atoms with E-state index in [1.807, 2.05) is 0 Å². The lowest BCUT2D eigenvalue weighted by molar-refractivity contribution is -0.00563. The van der Waals surface area contributed by atoms with E-state index in [-0.39, 0.29) is 12.9 Å². The number of carbonyl (C=O) groups is 1. The Bertz CT molecular complexity index is 146. The number of hydrogen-bond acceptors (Lipinski definition) is 4. The molecule has 1 aliphatic heterocycles. The van der Waals surface area contributed by atoms with Crippen LogP contribution >= 0.6 is 0 Å². The molecule has 0 atom stereocenters. The monoisotopic (exact) mass is 174 g/mol. The number of nitrogens with zero attached hydrogens (tertiary/aromatic N) is 1. The molecule has 0 spiro atoms. The van der Waals surface area contributed by atoms with Crippen molar-refractivity contribution in [3.63, 3.8) is 0 Å². The molecular formula is C7H14N2O3. The molecule has 1 saturated heterocycles. The van der Waals surface area contributed by atoms with E-state index in [0.29, 0.717) is 13.1 Å². The molecule has 1 N–H and O–H groups in total. The molecule has 5 nitrogen and oxygen atoms in total. The highest BCUT2D eigenvalue weighted by molar-refractivity contribution is 5.67. The second-order valence-corrected chi connectivity index (χ2v) is 2.55. The first kappa shape index (κ1) is 9.28. The van der Waals surface area contributed by atoms with Gasteiger partial charge in [-0.25, -0.2) is 4.79 Å². The van der Waals surface area contributed by atoms with Crippen LogP contribution in [0.1, 0.15) is 0 Å². The molecule has 0 aromatic heterocycles. The number of ether oxygens (including phenoxy) is 2. The van der Waals surface area contributed by atoms with E-state index in [1.165, 1.54) is 7.11 Å². The molecule has 0 saturated carbocycles. The number of amides is 1. The minimum Gasteiger partial charge on any atom is -0.422 e. The van der Waals surface area contributed by atoms with Crippen LogP contribution in [0.15, 0.2) is 0 Å². The summed E-state index contributed by atoms with van der Waals surface area (Å²) in [5.74, 6) is 0. The van der Waals surface area contributed by atoms with Gasteiger partial charge in [0.25, 0.3) is 0 Å². The smallest absolute Gasteiger partial charge is 0.411 e. The van der Waals surface area contributed by atoms with Gasteiger partial charge in [-0.3, -0.25) is 0 Å². The van der Waals surface area contributed by atoms with Crippen LogP contribution in [-0.2, 0) is 9.47 Å². The maximum absolute atomic E-state index is 11.2. The highest BCUT2D eigenvalue weighted by Crippen LogP contribution is 1.95. The molecule has 12 heavy (non-hydrogen) atoms. The Morgan fingerprint density at radius 1 is 1.50 bits per heavy atom. The van der Waals surface area contributed by atoms with Gasteiger partial charge < -0.3 is 19.7 Å². The zero-order valence-electron chi connectivity index (χ0n) is 7.21. The lowest BCUT2D eigenvalue weighted by Gasteiger charge is -2.26. The van der Waals surface area contributed by atoms with Crippen LogP contribution in [0, 0.1) is 0 Å². The molecule has 1 rings (SSSR count). The summed E-state index contributed by atoms with van der Waals surface area (Å²) in [4.78, 5) is 12.8. The summed E-state index contributed by atoms with van der Waals surface area (Å²) in [6.45, 7) is 3.12. The van der Waals surface area contributed by atoms with E-state index < -0.39 is 0 Å². The predicted octanol–water partition coefficient (Wildman–Crippen LogP) is -0.368. The Morgan fingerprint density at radius 2 is 2.17 bits per heavy atom. The molecule has 0 unspecified atom stereocenters. The van der Waals surface area contributed by atoms with Crippen molar-refractivity contribution in [3.05, 3.63) is 0 Å². The number of hydrogen-bond donors (Lipinski definition) is 1. The van der Waals surface area contributed by atoms with Crippen molar-refractivity contribution in [2.45, 2.75) is 0 Å². The zero-order valence-corrected chi connectivity index (χ0v) is 7.21. The van der Waals surface area contributed by atoms with Crippen molar-refractivity contribution in [2.75, 3.05) is 40.1 Å². The fourth-order valence-electron chi connectivity index (χ4n) is 1.05. The number of carbonyl (C=O) groups excluding carboxylic acids is 1. The normalized spacial score (nSPS) is 17.6. The van der Waals surface area contributed by atoms with Gasteiger partial charge >= 0.3 is 6.09 Å². The first-order chi connectivity index (χ1) is 5.84. The van der Waals surface area contributed by atoms with Crippen LogP contribution in [0.3, 0.4) is 0 Å². The van der Waals surface area contributed by atoms with E-state index >= 15 is 0 Å². The summed E-state index contributed by atoms with van der Waals surface area (Å²) < 4.78 is 9.39. The molecule has 5 heteroatoms. The predicted molar refractivity (Wildman–Crippen MR) is 42.8 cm³/mol. The first-order valence-electron chi connectivity index (χ1n) is 3.96. The molecular weight excluding hydrogens is 160 g/mol. The SMILES string of the molecule is COCOC(=O)N1CCNCC1. The van der Waals surface area contributed by atoms with Crippen LogP contribution in [0.4, 0.5) is 4.79 Å². The van der Waals surface area contributed by atoms with E-state index in [4.69, 9.17) is 4.74 Å². The van der Waals surface area contributed by atoms with Gasteiger partial charge in [-0.15, -0.1) is 0 Å². The summed E-state index contributed by atoms with van der Waals surface area (Å²) in [7, 11) is 1.49. The summed E-state index contributed by atoms with van der Waals surface area (Å²) in [5, 5.41) is 3.14. The van der Waals surface area contributed by atoms with Gasteiger partial charge in [0.15, 0.2) is 6.79 Å². The van der Waals surface area contributed by atoms with Crippen molar-refractivity contribution in [2.24, 2.45) is 0 Å². The Labute approximate surface area is 71.6 Å². The molecule has 1 heterocycles. The van der Waals surface area contributed by atoms with Crippen LogP contribution in [0.25, 0.3) is 0 Å². The van der Waals surface area contributed by atoms with Gasteiger partial charge in [0.2, 0.25) is 0 Å². The number of rotatable bonds is 2. The minimum atomic E-state index is -0.293. The summed E-state index contributed by atoms with van der Waals surface area (Å²) >= 11 is 0. The third kappa shape index (κ3) is 2.67. The maximum atomic E-state index is 11.2. The van der Waals surface area contributed by atoms with Crippen LogP contribution in [-0.4, -0.2) is 51.1 Å². The fourth-order valence-corrected chi connectivity index (χ4v) is 1.05. The molecule has 0 aromatic carbocycles. The third-order valence-corrected chi connectivity index (χ3v) is 1.68. The van der Waals surface area contributed by atoms with Crippen molar-refractivity contribution < 1.29 is 14.3 Å². The largest absolute Gasteiger partial charge is 0.422 e. The van der Waals surface area contributed by atoms with Gasteiger partial charge in [0, 0.05) is 33.3 Å². The number of nitrogens with one attached hydrogen (secondary N) is 1. The van der Waals surface area contributed by atoms with E-state index in [2.05, 4.69) is 10.1 Å². The lowest BCUT2D eigenvalue weighted by Crippen LogP contribution is -2.46. The van der Waals surface area contributed by atoms with Gasteiger partial charge in [0.1, 0.15) is 0 Å². The Kier molecular flexibility index (Phi) is 3.83. The Hall–Kier alpha value is -0.810. The molecule has 1 amide bonds. The molecule has 0 bridgehead atoms. The average Bonchev–Trinajstić information content (AvgIpc) is 2.15. The number of methoxy groups -OCH3 is 1. The Balaban J connectivity index is 2.20.